The van der Waals surface area contributed by atoms with Gasteiger partial charge in [-0.1, -0.05) is 6.92 Å². The van der Waals surface area contributed by atoms with Crippen molar-refractivity contribution in [3.05, 3.63) is 23.5 Å². The Morgan fingerprint density at radius 3 is 2.62 bits per heavy atom. The fourth-order valence-electron chi connectivity index (χ4n) is 1.39. The van der Waals surface area contributed by atoms with Crippen molar-refractivity contribution in [3.63, 3.8) is 0 Å². The summed E-state index contributed by atoms with van der Waals surface area (Å²) in [6.07, 6.45) is -0.576. The molecule has 1 saturated carbocycles. The van der Waals surface area contributed by atoms with Crippen LogP contribution in [0.3, 0.4) is 0 Å². The first kappa shape index (κ1) is 11.2. The van der Waals surface area contributed by atoms with Crippen LogP contribution in [0.1, 0.15) is 31.0 Å². The van der Waals surface area contributed by atoms with Crippen LogP contribution < -0.4 is 4.74 Å². The number of aryl methyl sites for hydroxylation is 1. The largest absolute Gasteiger partial charge is 0.489 e. The second-order valence-electron chi connectivity index (χ2n) is 3.85. The Bertz CT molecular complexity index is 385. The maximum atomic E-state index is 12.4. The summed E-state index contributed by atoms with van der Waals surface area (Å²) in [6.45, 7) is 1.80. The van der Waals surface area contributed by atoms with Crippen LogP contribution in [0.4, 0.5) is 13.2 Å². The van der Waals surface area contributed by atoms with E-state index >= 15 is 0 Å². The van der Waals surface area contributed by atoms with Crippen molar-refractivity contribution >= 4 is 0 Å². The van der Waals surface area contributed by atoms with Crippen molar-refractivity contribution in [1.82, 2.24) is 4.98 Å². The van der Waals surface area contributed by atoms with Crippen molar-refractivity contribution in [2.75, 3.05) is 0 Å². The van der Waals surface area contributed by atoms with Gasteiger partial charge in [-0.2, -0.15) is 13.2 Å². The van der Waals surface area contributed by atoms with E-state index in [1.54, 1.807) is 6.92 Å². The predicted octanol–water partition coefficient (Wildman–Crippen LogP) is 3.20. The summed E-state index contributed by atoms with van der Waals surface area (Å²) in [5.41, 5.74) is -0.290. The number of ether oxygens (including phenoxy) is 1. The molecule has 1 aromatic rings. The SMILES string of the molecule is CCc1cc(C(F)(F)F)ncc1OC1CC1. The lowest BCUT2D eigenvalue weighted by molar-refractivity contribution is -0.141. The molecule has 0 unspecified atom stereocenters. The van der Waals surface area contributed by atoms with Crippen molar-refractivity contribution in [2.24, 2.45) is 0 Å². The molecule has 0 atom stereocenters. The Morgan fingerprint density at radius 2 is 2.12 bits per heavy atom. The molecule has 16 heavy (non-hydrogen) atoms. The number of rotatable bonds is 3. The minimum absolute atomic E-state index is 0.170. The second kappa shape index (κ2) is 3.96. The minimum Gasteiger partial charge on any atom is -0.489 e. The van der Waals surface area contributed by atoms with E-state index in [9.17, 15) is 13.2 Å². The second-order valence-corrected chi connectivity index (χ2v) is 3.85. The Morgan fingerprint density at radius 1 is 1.44 bits per heavy atom. The Hall–Kier alpha value is -1.26. The van der Waals surface area contributed by atoms with Crippen LogP contribution in [0, 0.1) is 0 Å². The van der Waals surface area contributed by atoms with Crippen LogP contribution >= 0.6 is 0 Å². The van der Waals surface area contributed by atoms with Crippen LogP contribution in [-0.4, -0.2) is 11.1 Å². The highest BCUT2D eigenvalue weighted by Gasteiger charge is 2.33. The van der Waals surface area contributed by atoms with E-state index in [2.05, 4.69) is 4.98 Å². The molecule has 2 rings (SSSR count). The Kier molecular flexibility index (Phi) is 2.78. The molecule has 2 nitrogen and oxygen atoms in total. The van der Waals surface area contributed by atoms with Crippen molar-refractivity contribution in [3.8, 4) is 5.75 Å². The van der Waals surface area contributed by atoms with E-state index in [1.165, 1.54) is 6.20 Å². The van der Waals surface area contributed by atoms with Crippen LogP contribution in [0.25, 0.3) is 0 Å². The van der Waals surface area contributed by atoms with Gasteiger partial charge < -0.3 is 4.74 Å². The van der Waals surface area contributed by atoms with Gasteiger partial charge in [0.1, 0.15) is 11.4 Å². The van der Waals surface area contributed by atoms with E-state index in [1.807, 2.05) is 0 Å². The van der Waals surface area contributed by atoms with E-state index < -0.39 is 11.9 Å². The van der Waals surface area contributed by atoms with Gasteiger partial charge >= 0.3 is 6.18 Å². The number of hydrogen-bond donors (Lipinski definition) is 0. The Balaban J connectivity index is 2.26. The molecule has 1 heterocycles. The van der Waals surface area contributed by atoms with Gasteiger partial charge in [-0.25, -0.2) is 4.98 Å². The third-order valence-corrected chi connectivity index (χ3v) is 2.44. The molecular weight excluding hydrogens is 219 g/mol. The highest BCUT2D eigenvalue weighted by Crippen LogP contribution is 2.33. The molecule has 88 valence electrons. The molecule has 1 aliphatic rings. The minimum atomic E-state index is -4.39. The van der Waals surface area contributed by atoms with E-state index in [0.717, 1.165) is 18.9 Å². The monoisotopic (exact) mass is 231 g/mol. The molecule has 1 aromatic heterocycles. The highest BCUT2D eigenvalue weighted by molar-refractivity contribution is 5.33. The summed E-state index contributed by atoms with van der Waals surface area (Å²) < 4.78 is 42.7. The molecule has 0 saturated heterocycles. The van der Waals surface area contributed by atoms with Crippen molar-refractivity contribution in [1.29, 1.82) is 0 Å². The van der Waals surface area contributed by atoms with Gasteiger partial charge in [0.15, 0.2) is 0 Å². The number of nitrogens with zero attached hydrogens (tertiary/aromatic N) is 1. The standard InChI is InChI=1S/C11H12F3NO/c1-2-7-5-10(11(12,13)14)15-6-9(7)16-8-3-4-8/h5-6,8H,2-4H2,1H3. The van der Waals surface area contributed by atoms with E-state index in [4.69, 9.17) is 4.74 Å². The first-order chi connectivity index (χ1) is 7.50. The van der Waals surface area contributed by atoms with Gasteiger partial charge in [0.25, 0.3) is 0 Å². The first-order valence-electron chi connectivity index (χ1n) is 5.23. The third-order valence-electron chi connectivity index (χ3n) is 2.44. The molecule has 0 amide bonds. The van der Waals surface area contributed by atoms with Gasteiger partial charge in [0.2, 0.25) is 0 Å². The lowest BCUT2D eigenvalue weighted by atomic mass is 10.1. The normalized spacial score (nSPS) is 16.2. The molecule has 1 aliphatic carbocycles. The van der Waals surface area contributed by atoms with Crippen molar-refractivity contribution in [2.45, 2.75) is 38.5 Å². The molecule has 0 aromatic carbocycles. The fourth-order valence-corrected chi connectivity index (χ4v) is 1.39. The molecule has 0 bridgehead atoms. The summed E-state index contributed by atoms with van der Waals surface area (Å²) in [7, 11) is 0. The van der Waals surface area contributed by atoms with Crippen LogP contribution in [0.5, 0.6) is 5.75 Å². The van der Waals surface area contributed by atoms with Crippen molar-refractivity contribution < 1.29 is 17.9 Å². The number of alkyl halides is 3. The van der Waals surface area contributed by atoms with Crippen LogP contribution in [-0.2, 0) is 12.6 Å². The molecule has 0 aliphatic heterocycles. The topological polar surface area (TPSA) is 22.1 Å². The lowest BCUT2D eigenvalue weighted by Crippen LogP contribution is -2.10. The van der Waals surface area contributed by atoms with Gasteiger partial charge in [-0.05, 0) is 30.9 Å². The Labute approximate surface area is 91.4 Å². The average Bonchev–Trinajstić information content (AvgIpc) is 3.00. The summed E-state index contributed by atoms with van der Waals surface area (Å²) in [4.78, 5) is 3.39. The molecule has 0 spiro atoms. The molecular formula is C11H12F3NO. The zero-order chi connectivity index (χ0) is 11.8. The summed E-state index contributed by atoms with van der Waals surface area (Å²) in [6, 6.07) is 1.07. The van der Waals surface area contributed by atoms with Crippen LogP contribution in [0.15, 0.2) is 12.3 Å². The zero-order valence-electron chi connectivity index (χ0n) is 8.84. The maximum Gasteiger partial charge on any atom is 0.433 e. The summed E-state index contributed by atoms with van der Waals surface area (Å²) >= 11 is 0. The number of hydrogen-bond acceptors (Lipinski definition) is 2. The molecule has 5 heteroatoms. The fraction of sp³-hybridized carbons (Fsp3) is 0.545. The number of pyridine rings is 1. The zero-order valence-corrected chi connectivity index (χ0v) is 8.84. The smallest absolute Gasteiger partial charge is 0.433 e. The van der Waals surface area contributed by atoms with Crippen LogP contribution in [0.2, 0.25) is 0 Å². The van der Waals surface area contributed by atoms with Gasteiger partial charge in [-0.3, -0.25) is 0 Å². The predicted molar refractivity (Wildman–Crippen MR) is 52.3 cm³/mol. The maximum absolute atomic E-state index is 12.4. The number of aromatic nitrogens is 1. The quantitative estimate of drug-likeness (QED) is 0.796. The molecule has 0 radical (unpaired) electrons. The third kappa shape index (κ3) is 2.46. The van der Waals surface area contributed by atoms with Gasteiger partial charge in [0.05, 0.1) is 12.3 Å². The molecule has 1 fully saturated rings. The average molecular weight is 231 g/mol. The van der Waals surface area contributed by atoms with Gasteiger partial charge in [0, 0.05) is 0 Å². The lowest BCUT2D eigenvalue weighted by Gasteiger charge is -2.12. The summed E-state index contributed by atoms with van der Waals surface area (Å²) in [5.74, 6) is 0.484. The molecule has 0 N–H and O–H groups in total. The number of halogens is 3. The van der Waals surface area contributed by atoms with E-state index in [-0.39, 0.29) is 6.10 Å². The first-order valence-corrected chi connectivity index (χ1v) is 5.23. The van der Waals surface area contributed by atoms with Gasteiger partial charge in [-0.15, -0.1) is 0 Å². The highest BCUT2D eigenvalue weighted by atomic mass is 19.4. The summed E-state index contributed by atoms with van der Waals surface area (Å²) in [5, 5.41) is 0. The van der Waals surface area contributed by atoms with E-state index in [0.29, 0.717) is 17.7 Å².